The fourth-order valence-electron chi connectivity index (χ4n) is 1.34. The van der Waals surface area contributed by atoms with E-state index in [0.717, 1.165) is 18.7 Å². The second-order valence-electron chi connectivity index (χ2n) is 4.49. The van der Waals surface area contributed by atoms with Gasteiger partial charge in [0, 0.05) is 24.5 Å². The van der Waals surface area contributed by atoms with Crippen molar-refractivity contribution in [1.82, 2.24) is 15.3 Å². The normalized spacial score (nSPS) is 10.7. The van der Waals surface area contributed by atoms with E-state index in [-0.39, 0.29) is 11.7 Å². The van der Waals surface area contributed by atoms with E-state index < -0.39 is 0 Å². The second kappa shape index (κ2) is 8.87. The Labute approximate surface area is 118 Å². The molecule has 0 saturated heterocycles. The number of nitrogens with zero attached hydrogens (tertiary/aromatic N) is 2. The molecule has 1 N–H and O–H groups in total. The summed E-state index contributed by atoms with van der Waals surface area (Å²) >= 11 is 1.29. The van der Waals surface area contributed by atoms with Crippen molar-refractivity contribution in [2.75, 3.05) is 18.9 Å². The molecular weight excluding hydrogens is 262 g/mol. The first-order valence-electron chi connectivity index (χ1n) is 6.41. The number of aromatic nitrogens is 2. The van der Waals surface area contributed by atoms with Gasteiger partial charge in [-0.2, -0.15) is 0 Å². The number of hydrogen-bond donors (Lipinski definition) is 1. The van der Waals surface area contributed by atoms with Crippen LogP contribution in [0.3, 0.4) is 0 Å². The van der Waals surface area contributed by atoms with Gasteiger partial charge in [-0.1, -0.05) is 25.6 Å². The van der Waals surface area contributed by atoms with Gasteiger partial charge in [0.2, 0.25) is 0 Å². The lowest BCUT2D eigenvalue weighted by Gasteiger charge is -2.07. The van der Waals surface area contributed by atoms with Crippen LogP contribution in [-0.2, 0) is 16.1 Å². The fraction of sp³-hybridized carbons (Fsp3) is 0.615. The van der Waals surface area contributed by atoms with Crippen LogP contribution in [0, 0.1) is 5.92 Å². The van der Waals surface area contributed by atoms with Crippen molar-refractivity contribution < 1.29 is 9.53 Å². The number of hydrogen-bond acceptors (Lipinski definition) is 6. The maximum absolute atomic E-state index is 11.2. The molecular formula is C13H21N3O2S. The number of carbonyl (C=O) groups is 1. The molecule has 0 radical (unpaired) electrons. The summed E-state index contributed by atoms with van der Waals surface area (Å²) in [6.07, 6.45) is 3.57. The lowest BCUT2D eigenvalue weighted by molar-refractivity contribution is -0.139. The third-order valence-corrected chi connectivity index (χ3v) is 3.04. The summed E-state index contributed by atoms with van der Waals surface area (Å²) in [4.78, 5) is 19.6. The van der Waals surface area contributed by atoms with Gasteiger partial charge in [-0.05, 0) is 19.4 Å². The Morgan fingerprint density at radius 1 is 1.42 bits per heavy atom. The third-order valence-electron chi connectivity index (χ3n) is 2.19. The zero-order valence-electron chi connectivity index (χ0n) is 11.7. The van der Waals surface area contributed by atoms with Gasteiger partial charge in [0.1, 0.15) is 0 Å². The molecule has 0 bridgehead atoms. The molecule has 0 fully saturated rings. The summed E-state index contributed by atoms with van der Waals surface area (Å²) in [5.41, 5.74) is 1.04. The van der Waals surface area contributed by atoms with Crippen LogP contribution in [-0.4, -0.2) is 34.8 Å². The smallest absolute Gasteiger partial charge is 0.316 e. The van der Waals surface area contributed by atoms with Crippen molar-refractivity contribution in [3.63, 3.8) is 0 Å². The molecule has 1 aromatic heterocycles. The number of ether oxygens (including phenoxy) is 1. The van der Waals surface area contributed by atoms with Gasteiger partial charge in [-0.3, -0.25) is 4.79 Å². The number of rotatable bonds is 8. The minimum atomic E-state index is -0.237. The number of nitrogens with one attached hydrogen (secondary N) is 1. The van der Waals surface area contributed by atoms with Gasteiger partial charge < -0.3 is 10.1 Å². The van der Waals surface area contributed by atoms with Crippen LogP contribution >= 0.6 is 11.8 Å². The number of esters is 1. The molecule has 19 heavy (non-hydrogen) atoms. The topological polar surface area (TPSA) is 64.1 Å². The molecule has 1 aromatic rings. The predicted octanol–water partition coefficient (Wildman–Crippen LogP) is 1.88. The first kappa shape index (κ1) is 15.9. The van der Waals surface area contributed by atoms with Gasteiger partial charge in [0.15, 0.2) is 5.16 Å². The monoisotopic (exact) mass is 283 g/mol. The molecule has 1 heterocycles. The summed E-state index contributed by atoms with van der Waals surface area (Å²) in [5, 5.41) is 3.92. The molecule has 0 aliphatic rings. The Morgan fingerprint density at radius 2 is 2.11 bits per heavy atom. The minimum Gasteiger partial charge on any atom is -0.465 e. The van der Waals surface area contributed by atoms with E-state index in [0.29, 0.717) is 17.7 Å². The zero-order chi connectivity index (χ0) is 14.1. The summed E-state index contributed by atoms with van der Waals surface area (Å²) in [6.45, 7) is 8.26. The minimum absolute atomic E-state index is 0.237. The quantitative estimate of drug-likeness (QED) is 0.446. The van der Waals surface area contributed by atoms with E-state index in [1.165, 1.54) is 11.8 Å². The molecule has 0 unspecified atom stereocenters. The first-order valence-corrected chi connectivity index (χ1v) is 7.40. The van der Waals surface area contributed by atoms with Crippen molar-refractivity contribution in [3.05, 3.63) is 18.0 Å². The molecule has 0 atom stereocenters. The van der Waals surface area contributed by atoms with E-state index in [1.54, 1.807) is 19.3 Å². The highest BCUT2D eigenvalue weighted by Gasteiger charge is 2.05. The van der Waals surface area contributed by atoms with Crippen LogP contribution in [0.4, 0.5) is 0 Å². The molecule has 0 aliphatic heterocycles. The molecule has 0 saturated carbocycles. The highest BCUT2D eigenvalue weighted by molar-refractivity contribution is 7.99. The van der Waals surface area contributed by atoms with Crippen molar-refractivity contribution >= 4 is 17.7 Å². The Hall–Kier alpha value is -1.14. The second-order valence-corrected chi connectivity index (χ2v) is 5.43. The van der Waals surface area contributed by atoms with E-state index in [4.69, 9.17) is 4.74 Å². The summed E-state index contributed by atoms with van der Waals surface area (Å²) in [6, 6.07) is 0. The summed E-state index contributed by atoms with van der Waals surface area (Å²) in [5.74, 6) is 0.637. The molecule has 0 aromatic carbocycles. The van der Waals surface area contributed by atoms with Crippen LogP contribution in [0.1, 0.15) is 26.3 Å². The summed E-state index contributed by atoms with van der Waals surface area (Å²) in [7, 11) is 0. The van der Waals surface area contributed by atoms with Crippen LogP contribution in [0.2, 0.25) is 0 Å². The van der Waals surface area contributed by atoms with E-state index in [2.05, 4.69) is 29.1 Å². The largest absolute Gasteiger partial charge is 0.465 e. The van der Waals surface area contributed by atoms with Gasteiger partial charge >= 0.3 is 5.97 Å². The van der Waals surface area contributed by atoms with Crippen LogP contribution in [0.5, 0.6) is 0 Å². The van der Waals surface area contributed by atoms with E-state index in [1.807, 2.05) is 0 Å². The van der Waals surface area contributed by atoms with Gasteiger partial charge in [-0.15, -0.1) is 0 Å². The standard InChI is InChI=1S/C13H21N3O2S/c1-4-18-12(17)9-19-13-15-7-11(8-16-13)6-14-5-10(2)3/h7-8,10,14H,4-6,9H2,1-3H3. The van der Waals surface area contributed by atoms with Crippen LogP contribution in [0.25, 0.3) is 0 Å². The van der Waals surface area contributed by atoms with Crippen LogP contribution < -0.4 is 5.32 Å². The Balaban J connectivity index is 2.33. The van der Waals surface area contributed by atoms with Crippen molar-refractivity contribution in [2.45, 2.75) is 32.5 Å². The summed E-state index contributed by atoms with van der Waals surface area (Å²) < 4.78 is 4.84. The van der Waals surface area contributed by atoms with Gasteiger partial charge in [-0.25, -0.2) is 9.97 Å². The molecule has 1 rings (SSSR count). The van der Waals surface area contributed by atoms with E-state index >= 15 is 0 Å². The predicted molar refractivity (Wildman–Crippen MR) is 75.9 cm³/mol. The Bertz CT molecular complexity index is 382. The van der Waals surface area contributed by atoms with Crippen LogP contribution in [0.15, 0.2) is 17.6 Å². The molecule has 5 nitrogen and oxygen atoms in total. The fourth-order valence-corrected chi connectivity index (χ4v) is 1.92. The maximum Gasteiger partial charge on any atom is 0.316 e. The van der Waals surface area contributed by atoms with Crippen molar-refractivity contribution in [3.8, 4) is 0 Å². The highest BCUT2D eigenvalue weighted by atomic mass is 32.2. The third kappa shape index (κ3) is 7.12. The molecule has 0 aliphatic carbocycles. The van der Waals surface area contributed by atoms with Gasteiger partial charge in [0.25, 0.3) is 0 Å². The number of carbonyl (C=O) groups excluding carboxylic acids is 1. The molecule has 6 heteroatoms. The average Bonchev–Trinajstić information content (AvgIpc) is 2.38. The molecule has 0 spiro atoms. The lowest BCUT2D eigenvalue weighted by atomic mass is 10.2. The zero-order valence-corrected chi connectivity index (χ0v) is 12.5. The maximum atomic E-state index is 11.2. The first-order chi connectivity index (χ1) is 9.11. The highest BCUT2D eigenvalue weighted by Crippen LogP contribution is 2.12. The Morgan fingerprint density at radius 3 is 2.68 bits per heavy atom. The number of thioether (sulfide) groups is 1. The SMILES string of the molecule is CCOC(=O)CSc1ncc(CNCC(C)C)cn1. The lowest BCUT2D eigenvalue weighted by Crippen LogP contribution is -2.19. The molecule has 0 amide bonds. The Kier molecular flexibility index (Phi) is 7.43. The van der Waals surface area contributed by atoms with Crippen molar-refractivity contribution in [2.24, 2.45) is 5.92 Å². The van der Waals surface area contributed by atoms with Crippen molar-refractivity contribution in [1.29, 1.82) is 0 Å². The molecule has 106 valence electrons. The average molecular weight is 283 g/mol. The van der Waals surface area contributed by atoms with E-state index in [9.17, 15) is 4.79 Å². The van der Waals surface area contributed by atoms with Gasteiger partial charge in [0.05, 0.1) is 12.4 Å².